The second-order valence-electron chi connectivity index (χ2n) is 2.54. The molecule has 3 nitrogen and oxygen atoms in total. The van der Waals surface area contributed by atoms with Crippen molar-refractivity contribution >= 4 is 17.6 Å². The van der Waals surface area contributed by atoms with Crippen LogP contribution >= 0.6 is 11.6 Å². The Morgan fingerprint density at radius 1 is 1.64 bits per heavy atom. The first-order valence-electron chi connectivity index (χ1n) is 3.62. The minimum absolute atomic E-state index is 0.0723. The lowest BCUT2D eigenvalue weighted by molar-refractivity contribution is 0.0696. The van der Waals surface area contributed by atoms with E-state index in [2.05, 4.69) is 0 Å². The quantitative estimate of drug-likeness (QED) is 0.766. The van der Waals surface area contributed by atoms with Crippen molar-refractivity contribution in [3.8, 4) is 6.07 Å². The summed E-state index contributed by atoms with van der Waals surface area (Å²) in [7, 11) is 0. The summed E-state index contributed by atoms with van der Waals surface area (Å²) < 4.78 is 13.1. The highest BCUT2D eigenvalue weighted by molar-refractivity contribution is 6.17. The maximum atomic E-state index is 13.1. The number of alkyl halides is 1. The van der Waals surface area contributed by atoms with E-state index in [0.717, 1.165) is 12.1 Å². The molecule has 5 heteroatoms. The third-order valence-electron chi connectivity index (χ3n) is 1.68. The molecule has 0 saturated carbocycles. The zero-order valence-electron chi connectivity index (χ0n) is 6.92. The average Bonchev–Trinajstić information content (AvgIpc) is 2.16. The number of carbonyl (C=O) groups is 1. The van der Waals surface area contributed by atoms with Crippen LogP contribution in [0.15, 0.2) is 12.1 Å². The van der Waals surface area contributed by atoms with Gasteiger partial charge < -0.3 is 5.11 Å². The number of rotatable bonds is 2. The molecule has 1 rings (SSSR count). The molecule has 0 aliphatic rings. The lowest BCUT2D eigenvalue weighted by Crippen LogP contribution is -2.03. The molecule has 1 aromatic carbocycles. The molecule has 1 N–H and O–H groups in total. The summed E-state index contributed by atoms with van der Waals surface area (Å²) in [5, 5.41) is 17.2. The van der Waals surface area contributed by atoms with E-state index in [4.69, 9.17) is 22.0 Å². The van der Waals surface area contributed by atoms with Gasteiger partial charge in [-0.3, -0.25) is 0 Å². The molecule has 0 atom stereocenters. The van der Waals surface area contributed by atoms with Crippen molar-refractivity contribution in [3.63, 3.8) is 0 Å². The Morgan fingerprint density at radius 2 is 2.29 bits per heavy atom. The summed E-state index contributed by atoms with van der Waals surface area (Å²) in [5.41, 5.74) is -0.364. The Kier molecular flexibility index (Phi) is 3.05. The van der Waals surface area contributed by atoms with Gasteiger partial charge in [0.05, 0.1) is 17.0 Å². The molecule has 0 unspecified atom stereocenters. The molecule has 0 radical (unpaired) electrons. The van der Waals surface area contributed by atoms with E-state index in [1.165, 1.54) is 0 Å². The van der Waals surface area contributed by atoms with Crippen LogP contribution < -0.4 is 0 Å². The molecule has 1 aromatic rings. The maximum Gasteiger partial charge on any atom is 0.337 e. The summed E-state index contributed by atoms with van der Waals surface area (Å²) in [4.78, 5) is 10.6. The normalized spacial score (nSPS) is 9.50. The molecule has 0 aliphatic carbocycles. The van der Waals surface area contributed by atoms with E-state index < -0.39 is 11.8 Å². The summed E-state index contributed by atoms with van der Waals surface area (Å²) in [5.74, 6) is -2.06. The largest absolute Gasteiger partial charge is 0.478 e. The SMILES string of the molecule is N#Cc1cc(F)c(CCl)cc1C(=O)O. The minimum atomic E-state index is -1.27. The van der Waals surface area contributed by atoms with Crippen molar-refractivity contribution in [1.82, 2.24) is 0 Å². The van der Waals surface area contributed by atoms with Crippen molar-refractivity contribution in [3.05, 3.63) is 34.6 Å². The number of hydrogen-bond acceptors (Lipinski definition) is 2. The molecule has 0 fully saturated rings. The van der Waals surface area contributed by atoms with Gasteiger partial charge in [-0.05, 0) is 12.1 Å². The van der Waals surface area contributed by atoms with E-state index in [1.54, 1.807) is 6.07 Å². The fraction of sp³-hybridized carbons (Fsp3) is 0.111. The molecule has 0 spiro atoms. The first kappa shape index (κ1) is 10.5. The second-order valence-corrected chi connectivity index (χ2v) is 2.81. The zero-order chi connectivity index (χ0) is 10.7. The van der Waals surface area contributed by atoms with Crippen LogP contribution in [0.2, 0.25) is 0 Å². The van der Waals surface area contributed by atoms with Gasteiger partial charge in [-0.1, -0.05) is 0 Å². The molecule has 72 valence electrons. The smallest absolute Gasteiger partial charge is 0.337 e. The third kappa shape index (κ3) is 1.83. The van der Waals surface area contributed by atoms with Crippen molar-refractivity contribution in [1.29, 1.82) is 5.26 Å². The third-order valence-corrected chi connectivity index (χ3v) is 1.97. The van der Waals surface area contributed by atoms with Gasteiger partial charge in [-0.25, -0.2) is 9.18 Å². The van der Waals surface area contributed by atoms with E-state index in [0.29, 0.717) is 0 Å². The fourth-order valence-electron chi connectivity index (χ4n) is 0.990. The number of aromatic carboxylic acids is 1. The molecule has 0 aromatic heterocycles. The molecule has 14 heavy (non-hydrogen) atoms. The Hall–Kier alpha value is -1.60. The van der Waals surface area contributed by atoms with E-state index in [1.807, 2.05) is 0 Å². The predicted octanol–water partition coefficient (Wildman–Crippen LogP) is 2.13. The number of carboxylic acids is 1. The van der Waals surface area contributed by atoms with Crippen molar-refractivity contribution in [2.24, 2.45) is 0 Å². The van der Waals surface area contributed by atoms with Gasteiger partial charge in [-0.2, -0.15) is 5.26 Å². The van der Waals surface area contributed by atoms with Crippen LogP contribution in [0.5, 0.6) is 0 Å². The molecule has 0 aliphatic heterocycles. The molecule has 0 heterocycles. The lowest BCUT2D eigenvalue weighted by Gasteiger charge is -2.02. The van der Waals surface area contributed by atoms with E-state index in [-0.39, 0.29) is 22.6 Å². The lowest BCUT2D eigenvalue weighted by atomic mass is 10.1. The van der Waals surface area contributed by atoms with Gasteiger partial charge in [0.25, 0.3) is 0 Å². The highest BCUT2D eigenvalue weighted by Gasteiger charge is 2.14. The topological polar surface area (TPSA) is 61.1 Å². The van der Waals surface area contributed by atoms with Crippen molar-refractivity contribution < 1.29 is 14.3 Å². The number of hydrogen-bond donors (Lipinski definition) is 1. The summed E-state index contributed by atoms with van der Waals surface area (Å²) in [6.45, 7) is 0. The highest BCUT2D eigenvalue weighted by Crippen LogP contribution is 2.17. The highest BCUT2D eigenvalue weighted by atomic mass is 35.5. The standard InChI is InChI=1S/C9H5ClFNO2/c10-3-5-1-7(9(13)14)6(4-12)2-8(5)11/h1-2H,3H2,(H,13,14). The predicted molar refractivity (Wildman–Crippen MR) is 47.6 cm³/mol. The minimum Gasteiger partial charge on any atom is -0.478 e. The second kappa shape index (κ2) is 4.07. The van der Waals surface area contributed by atoms with Crippen LogP contribution in [0.4, 0.5) is 4.39 Å². The van der Waals surface area contributed by atoms with Gasteiger partial charge in [0.2, 0.25) is 0 Å². The molecule has 0 saturated heterocycles. The zero-order valence-corrected chi connectivity index (χ0v) is 7.68. The maximum absolute atomic E-state index is 13.1. The molecule has 0 bridgehead atoms. The van der Waals surface area contributed by atoms with Gasteiger partial charge in [0, 0.05) is 5.56 Å². The van der Waals surface area contributed by atoms with E-state index in [9.17, 15) is 9.18 Å². The van der Waals surface area contributed by atoms with Gasteiger partial charge >= 0.3 is 5.97 Å². The van der Waals surface area contributed by atoms with Gasteiger partial charge in [0.1, 0.15) is 11.9 Å². The summed E-state index contributed by atoms with van der Waals surface area (Å²) in [6.07, 6.45) is 0. The Morgan fingerprint density at radius 3 is 2.71 bits per heavy atom. The summed E-state index contributed by atoms with van der Waals surface area (Å²) >= 11 is 5.39. The van der Waals surface area contributed by atoms with Gasteiger partial charge in [-0.15, -0.1) is 11.6 Å². The van der Waals surface area contributed by atoms with Crippen LogP contribution in [-0.4, -0.2) is 11.1 Å². The number of nitriles is 1. The number of carboxylic acid groups (broad SMARTS) is 1. The Balaban J connectivity index is 3.42. The van der Waals surface area contributed by atoms with Crippen LogP contribution in [0.1, 0.15) is 21.5 Å². The number of nitrogens with zero attached hydrogens (tertiary/aromatic N) is 1. The molecular formula is C9H5ClFNO2. The van der Waals surface area contributed by atoms with Crippen molar-refractivity contribution in [2.75, 3.05) is 0 Å². The Bertz CT molecular complexity index is 426. The van der Waals surface area contributed by atoms with Crippen LogP contribution in [0.3, 0.4) is 0 Å². The van der Waals surface area contributed by atoms with Gasteiger partial charge in [0.15, 0.2) is 0 Å². The van der Waals surface area contributed by atoms with E-state index >= 15 is 0 Å². The molecule has 0 amide bonds. The van der Waals surface area contributed by atoms with Crippen molar-refractivity contribution in [2.45, 2.75) is 5.88 Å². The summed E-state index contributed by atoms with van der Waals surface area (Å²) in [6, 6.07) is 3.55. The first-order valence-corrected chi connectivity index (χ1v) is 4.15. The first-order chi connectivity index (χ1) is 6.60. The van der Waals surface area contributed by atoms with Crippen LogP contribution in [0, 0.1) is 17.1 Å². The van der Waals surface area contributed by atoms with Crippen LogP contribution in [0.25, 0.3) is 0 Å². The fourth-order valence-corrected chi connectivity index (χ4v) is 1.19. The van der Waals surface area contributed by atoms with Crippen LogP contribution in [-0.2, 0) is 5.88 Å². The average molecular weight is 214 g/mol. The number of benzene rings is 1. The Labute approximate surface area is 84.3 Å². The number of halogens is 2. The molecular weight excluding hydrogens is 209 g/mol. The monoisotopic (exact) mass is 213 g/mol.